The molecule has 452 valence electrons. The highest BCUT2D eigenvalue weighted by Gasteiger charge is 2.31. The predicted octanol–water partition coefficient (Wildman–Crippen LogP) is 11.7. The fraction of sp³-hybridized carbons (Fsp3) is 0.850. The number of amides is 3. The van der Waals surface area contributed by atoms with Crippen LogP contribution in [0.4, 0.5) is 4.79 Å². The van der Waals surface area contributed by atoms with Crippen LogP contribution in [0.15, 0.2) is 0 Å². The van der Waals surface area contributed by atoms with Crippen molar-refractivity contribution in [2.45, 2.75) is 304 Å². The third-order valence-corrected chi connectivity index (χ3v) is 12.1. The van der Waals surface area contributed by atoms with Gasteiger partial charge in [0.25, 0.3) is 0 Å². The van der Waals surface area contributed by atoms with Crippen molar-refractivity contribution in [1.29, 1.82) is 0 Å². The van der Waals surface area contributed by atoms with Gasteiger partial charge in [-0.2, -0.15) is 0 Å². The number of alkyl carbamates (subject to hydrolysis) is 1. The van der Waals surface area contributed by atoms with E-state index >= 15 is 0 Å². The number of carbonyl (C=O) groups excluding carboxylic acids is 8. The van der Waals surface area contributed by atoms with Crippen LogP contribution in [0.25, 0.3) is 0 Å². The molecule has 78 heavy (non-hydrogen) atoms. The first-order valence-corrected chi connectivity index (χ1v) is 29.4. The second kappa shape index (κ2) is 40.5. The Balaban J connectivity index is 5.29. The van der Waals surface area contributed by atoms with Crippen LogP contribution < -0.4 is 16.0 Å². The van der Waals surface area contributed by atoms with Gasteiger partial charge < -0.3 is 44.7 Å². The van der Waals surface area contributed by atoms with Crippen molar-refractivity contribution in [2.75, 3.05) is 19.8 Å². The lowest BCUT2D eigenvalue weighted by Gasteiger charge is -2.25. The maximum Gasteiger partial charge on any atom is 0.407 e. The van der Waals surface area contributed by atoms with Crippen LogP contribution in [0.2, 0.25) is 0 Å². The molecule has 4 N–H and O–H groups in total. The zero-order chi connectivity index (χ0) is 59.2. The van der Waals surface area contributed by atoms with Gasteiger partial charge in [0.2, 0.25) is 11.8 Å². The Morgan fingerprint density at radius 3 is 1.38 bits per heavy atom. The Hall–Kier alpha value is -4.61. The molecule has 3 atom stereocenters. The van der Waals surface area contributed by atoms with E-state index in [1.165, 1.54) is 38.5 Å². The van der Waals surface area contributed by atoms with Crippen LogP contribution >= 0.6 is 0 Å². The summed E-state index contributed by atoms with van der Waals surface area (Å²) in [6.07, 6.45) is 18.7. The Morgan fingerprint density at radius 2 is 0.872 bits per heavy atom. The molecule has 0 rings (SSSR count). The summed E-state index contributed by atoms with van der Waals surface area (Å²) in [6.45, 7) is 21.4. The minimum absolute atomic E-state index is 0.0492. The molecule has 0 aromatic heterocycles. The topological polar surface area (TPSA) is 256 Å². The number of aliphatic carboxylic acids is 1. The highest BCUT2D eigenvalue weighted by Crippen LogP contribution is 2.22. The van der Waals surface area contributed by atoms with Crippen LogP contribution in [-0.4, -0.2) is 113 Å². The molecule has 3 amide bonds. The van der Waals surface area contributed by atoms with E-state index in [1.807, 2.05) is 20.8 Å². The van der Waals surface area contributed by atoms with Gasteiger partial charge in [-0.25, -0.2) is 14.4 Å². The number of rotatable bonds is 44. The van der Waals surface area contributed by atoms with Crippen molar-refractivity contribution in [2.24, 2.45) is 5.92 Å². The number of unbranched alkanes of at least 4 members (excludes halogenated alkanes) is 17. The van der Waals surface area contributed by atoms with Gasteiger partial charge in [0.05, 0.1) is 12.0 Å². The number of esters is 3. The van der Waals surface area contributed by atoms with E-state index < -0.39 is 70.3 Å². The highest BCUT2D eigenvalue weighted by atomic mass is 16.6. The summed E-state index contributed by atoms with van der Waals surface area (Å²) in [5.74, 6) is -4.81. The molecule has 0 heterocycles. The second-order valence-corrected chi connectivity index (χ2v) is 24.9. The fourth-order valence-corrected chi connectivity index (χ4v) is 8.38. The van der Waals surface area contributed by atoms with Crippen molar-refractivity contribution in [1.82, 2.24) is 16.0 Å². The van der Waals surface area contributed by atoms with Crippen LogP contribution in [-0.2, 0) is 62.0 Å². The third kappa shape index (κ3) is 46.3. The molecule has 0 aromatic carbocycles. The lowest BCUT2D eigenvalue weighted by molar-refractivity contribution is -0.162. The van der Waals surface area contributed by atoms with Crippen molar-refractivity contribution >= 4 is 53.4 Å². The van der Waals surface area contributed by atoms with Gasteiger partial charge in [-0.15, -0.1) is 0 Å². The molecule has 0 fully saturated rings. The van der Waals surface area contributed by atoms with Crippen LogP contribution in [0.5, 0.6) is 0 Å². The maximum absolute atomic E-state index is 13.6. The Bertz CT molecular complexity index is 1770. The summed E-state index contributed by atoms with van der Waals surface area (Å²) in [5.41, 5.74) is -2.82. The van der Waals surface area contributed by atoms with Crippen LogP contribution in [0, 0.1) is 5.92 Å². The average Bonchev–Trinajstić information content (AvgIpc) is 3.29. The minimum atomic E-state index is -1.09. The lowest BCUT2D eigenvalue weighted by Crippen LogP contribution is -2.44. The molecular formula is C60H107N3O15. The monoisotopic (exact) mass is 1110 g/mol. The SMILES string of the molecule is CC(C)(C)OC(=O)CCCCCCCCCCCCCCCCC(=O)N[C@@H](CCC(=O)C[C@@H](CCC(=O)N[C@@H](CCCCNC(=O)OC(C)(C)C)C(=O)CCCCCCOCC(=O)O)C(=O)OC(C)(C)C)C(=O)OC(C)(C)C. The number of ether oxygens (including phenoxy) is 5. The Labute approximate surface area is 469 Å². The van der Waals surface area contributed by atoms with Crippen molar-refractivity contribution < 1.29 is 71.9 Å². The minimum Gasteiger partial charge on any atom is -0.480 e. The van der Waals surface area contributed by atoms with Gasteiger partial charge in [0.15, 0.2) is 5.78 Å². The molecule has 0 aliphatic carbocycles. The second-order valence-electron chi connectivity index (χ2n) is 24.9. The molecule has 0 aliphatic rings. The molecule has 0 aliphatic heterocycles. The normalized spacial score (nSPS) is 13.1. The summed E-state index contributed by atoms with van der Waals surface area (Å²) < 4.78 is 27.0. The quantitative estimate of drug-likeness (QED) is 0.0251. The molecule has 0 radical (unpaired) electrons. The number of hydrogen-bond acceptors (Lipinski definition) is 14. The number of carboxylic acid groups (broad SMARTS) is 1. The maximum atomic E-state index is 13.6. The molecule has 0 bridgehead atoms. The van der Waals surface area contributed by atoms with Gasteiger partial charge in [-0.05, 0) is 141 Å². The number of nitrogens with one attached hydrogen (secondary N) is 3. The van der Waals surface area contributed by atoms with Gasteiger partial charge in [-0.3, -0.25) is 28.8 Å². The standard InChI is InChI=1S/C60H107N3O15/c1-57(2,3)75-53(70)36-29-24-22-20-18-16-14-13-15-17-19-21-23-28-35-50(66)63-48(55(72)77-59(7,8)9)39-38-46(64)43-45(54(71)76-58(4,5)6)37-40-51(67)62-47(33-30-31-41-61-56(73)78-60(10,11)12)49(65)34-27-25-26-32-42-74-44-52(68)69/h45,47-48H,13-44H2,1-12H3,(H,61,73)(H,62,67)(H,63,66)(H,68,69)/t45-,47+,48+/m1/s1. The van der Waals surface area contributed by atoms with Crippen LogP contribution in [0.1, 0.15) is 269 Å². The molecule has 0 spiro atoms. The molecule has 0 unspecified atom stereocenters. The number of ketones is 2. The highest BCUT2D eigenvalue weighted by molar-refractivity contribution is 5.90. The molecule has 18 nitrogen and oxygen atoms in total. The predicted molar refractivity (Wildman–Crippen MR) is 301 cm³/mol. The number of hydrogen-bond donors (Lipinski definition) is 4. The largest absolute Gasteiger partial charge is 0.480 e. The summed E-state index contributed by atoms with van der Waals surface area (Å²) in [6, 6.07) is -1.92. The summed E-state index contributed by atoms with van der Waals surface area (Å²) in [4.78, 5) is 115. The zero-order valence-corrected chi connectivity index (χ0v) is 50.5. The van der Waals surface area contributed by atoms with Crippen LogP contribution in [0.3, 0.4) is 0 Å². The van der Waals surface area contributed by atoms with E-state index in [1.54, 1.807) is 62.3 Å². The van der Waals surface area contributed by atoms with Crippen molar-refractivity contribution in [3.63, 3.8) is 0 Å². The Kier molecular flexibility index (Phi) is 38.1. The number of Topliss-reactive ketones (excluding diaryl/α,β-unsaturated/α-hetero) is 2. The summed E-state index contributed by atoms with van der Waals surface area (Å²) >= 11 is 0. The van der Waals surface area contributed by atoms with Gasteiger partial charge in [-0.1, -0.05) is 89.9 Å². The van der Waals surface area contributed by atoms with E-state index in [0.717, 1.165) is 51.4 Å². The van der Waals surface area contributed by atoms with E-state index in [4.69, 9.17) is 28.8 Å². The smallest absolute Gasteiger partial charge is 0.407 e. The average molecular weight is 1110 g/mol. The van der Waals surface area contributed by atoms with Gasteiger partial charge >= 0.3 is 30.0 Å². The van der Waals surface area contributed by atoms with Crippen molar-refractivity contribution in [3.8, 4) is 0 Å². The van der Waals surface area contributed by atoms with Gasteiger partial charge in [0.1, 0.15) is 40.8 Å². The Morgan fingerprint density at radius 1 is 0.423 bits per heavy atom. The third-order valence-electron chi connectivity index (χ3n) is 12.1. The van der Waals surface area contributed by atoms with E-state index in [-0.39, 0.29) is 75.0 Å². The zero-order valence-electron chi connectivity index (χ0n) is 50.5. The van der Waals surface area contributed by atoms with Gasteiger partial charge in [0, 0.05) is 51.7 Å². The van der Waals surface area contributed by atoms with E-state index in [2.05, 4.69) is 16.0 Å². The first kappa shape index (κ1) is 73.4. The molecule has 18 heteroatoms. The first-order valence-electron chi connectivity index (χ1n) is 29.4. The van der Waals surface area contributed by atoms with Crippen molar-refractivity contribution in [3.05, 3.63) is 0 Å². The fourth-order valence-electron chi connectivity index (χ4n) is 8.38. The summed E-state index contributed by atoms with van der Waals surface area (Å²) in [5, 5.41) is 17.1. The number of carboxylic acids is 1. The molecular weight excluding hydrogens is 1000 g/mol. The molecule has 0 saturated heterocycles. The summed E-state index contributed by atoms with van der Waals surface area (Å²) in [7, 11) is 0. The molecule has 0 saturated carbocycles. The van der Waals surface area contributed by atoms with E-state index in [0.29, 0.717) is 64.5 Å². The molecule has 0 aromatic rings. The first-order chi connectivity index (χ1) is 36.4. The number of carbonyl (C=O) groups is 9. The van der Waals surface area contributed by atoms with E-state index in [9.17, 15) is 43.2 Å². The lowest BCUT2D eigenvalue weighted by atomic mass is 9.93.